The van der Waals surface area contributed by atoms with E-state index in [0.717, 1.165) is 30.9 Å². The van der Waals surface area contributed by atoms with Gasteiger partial charge in [0.05, 0.1) is 0 Å². The first-order valence-corrected chi connectivity index (χ1v) is 9.66. The highest BCUT2D eigenvalue weighted by Crippen LogP contribution is 2.22. The minimum Gasteiger partial charge on any atom is -0.322 e. The minimum absolute atomic E-state index is 0.284. The van der Waals surface area contributed by atoms with E-state index in [2.05, 4.69) is 16.3 Å². The summed E-state index contributed by atoms with van der Waals surface area (Å²) in [6.45, 7) is 6.81. The fourth-order valence-electron chi connectivity index (χ4n) is 2.92. The third-order valence-corrected chi connectivity index (χ3v) is 5.57. The van der Waals surface area contributed by atoms with Crippen molar-refractivity contribution in [2.45, 2.75) is 20.4 Å². The van der Waals surface area contributed by atoms with Crippen LogP contribution >= 0.6 is 11.8 Å². The first-order valence-electron chi connectivity index (χ1n) is 8.50. The van der Waals surface area contributed by atoms with E-state index in [4.69, 9.17) is 0 Å². The largest absolute Gasteiger partial charge is 0.322 e. The van der Waals surface area contributed by atoms with Crippen LogP contribution in [0.25, 0.3) is 0 Å². The van der Waals surface area contributed by atoms with Crippen molar-refractivity contribution >= 4 is 23.4 Å². The Morgan fingerprint density at radius 1 is 1.20 bits per heavy atom. The number of aryl methyl sites for hydroxylation is 1. The molecule has 0 bridgehead atoms. The van der Waals surface area contributed by atoms with Crippen molar-refractivity contribution < 1.29 is 9.18 Å². The van der Waals surface area contributed by atoms with Crippen molar-refractivity contribution in [2.24, 2.45) is 0 Å². The average Bonchev–Trinajstić information content (AvgIpc) is 2.61. The number of carbonyl (C=O) groups is 1. The van der Waals surface area contributed by atoms with Gasteiger partial charge in [0.1, 0.15) is 5.82 Å². The maximum absolute atomic E-state index is 13.7. The lowest BCUT2D eigenvalue weighted by molar-refractivity contribution is 0.102. The van der Waals surface area contributed by atoms with Crippen LogP contribution in [0.5, 0.6) is 0 Å². The fraction of sp³-hybridized carbons (Fsp3) is 0.350. The second-order valence-corrected chi connectivity index (χ2v) is 7.62. The maximum atomic E-state index is 13.7. The summed E-state index contributed by atoms with van der Waals surface area (Å²) in [5.74, 6) is 1.71. The molecule has 1 amide bonds. The fourth-order valence-corrected chi connectivity index (χ4v) is 3.90. The Labute approximate surface area is 152 Å². The van der Waals surface area contributed by atoms with Gasteiger partial charge in [-0.3, -0.25) is 9.69 Å². The molecule has 0 aliphatic carbocycles. The molecule has 2 aromatic carbocycles. The van der Waals surface area contributed by atoms with Crippen LogP contribution in [0, 0.1) is 19.7 Å². The minimum atomic E-state index is -0.360. The topological polar surface area (TPSA) is 32.3 Å². The lowest BCUT2D eigenvalue weighted by Crippen LogP contribution is -2.32. The number of benzene rings is 2. The Hall–Kier alpha value is -1.85. The van der Waals surface area contributed by atoms with Gasteiger partial charge in [0, 0.05) is 42.4 Å². The van der Waals surface area contributed by atoms with Gasteiger partial charge in [-0.05, 0) is 48.7 Å². The quantitative estimate of drug-likeness (QED) is 0.887. The highest BCUT2D eigenvalue weighted by molar-refractivity contribution is 7.99. The summed E-state index contributed by atoms with van der Waals surface area (Å²) in [5.41, 5.74) is 3.95. The number of halogens is 1. The van der Waals surface area contributed by atoms with Crippen molar-refractivity contribution in [1.82, 2.24) is 4.90 Å². The van der Waals surface area contributed by atoms with Gasteiger partial charge in [0.25, 0.3) is 5.91 Å². The van der Waals surface area contributed by atoms with Gasteiger partial charge < -0.3 is 5.32 Å². The van der Waals surface area contributed by atoms with Gasteiger partial charge in [-0.15, -0.1) is 0 Å². The molecule has 2 aromatic rings. The molecule has 132 valence electrons. The number of nitrogens with zero attached hydrogens (tertiary/aromatic N) is 1. The number of hydrogen-bond donors (Lipinski definition) is 1. The molecular formula is C20H23FN2OS. The molecule has 0 unspecified atom stereocenters. The molecular weight excluding hydrogens is 335 g/mol. The second kappa shape index (κ2) is 8.02. The number of anilines is 1. The number of thioether (sulfide) groups is 1. The molecule has 0 radical (unpaired) electrons. The van der Waals surface area contributed by atoms with Crippen molar-refractivity contribution in [3.05, 3.63) is 64.5 Å². The zero-order chi connectivity index (χ0) is 17.8. The van der Waals surface area contributed by atoms with Gasteiger partial charge in [-0.1, -0.05) is 18.2 Å². The first-order chi connectivity index (χ1) is 12.0. The zero-order valence-corrected chi connectivity index (χ0v) is 15.5. The van der Waals surface area contributed by atoms with Gasteiger partial charge in [-0.2, -0.15) is 11.8 Å². The van der Waals surface area contributed by atoms with Gasteiger partial charge >= 0.3 is 0 Å². The van der Waals surface area contributed by atoms with Crippen LogP contribution in [-0.4, -0.2) is 35.4 Å². The summed E-state index contributed by atoms with van der Waals surface area (Å²) < 4.78 is 13.7. The van der Waals surface area contributed by atoms with Crippen LogP contribution in [0.4, 0.5) is 10.1 Å². The van der Waals surface area contributed by atoms with E-state index in [1.165, 1.54) is 23.1 Å². The van der Waals surface area contributed by atoms with Crippen LogP contribution in [-0.2, 0) is 6.54 Å². The molecule has 0 saturated carbocycles. The van der Waals surface area contributed by atoms with Gasteiger partial charge in [0.15, 0.2) is 0 Å². The Morgan fingerprint density at radius 3 is 2.68 bits per heavy atom. The highest BCUT2D eigenvalue weighted by atomic mass is 32.2. The third-order valence-electron chi connectivity index (χ3n) is 4.63. The predicted molar refractivity (Wildman–Crippen MR) is 103 cm³/mol. The number of rotatable bonds is 4. The van der Waals surface area contributed by atoms with E-state index in [1.807, 2.05) is 30.8 Å². The SMILES string of the molecule is Cc1ccc(C(=O)Nc2cccc(CN3CCSCC3)c2C)cc1F. The maximum Gasteiger partial charge on any atom is 0.255 e. The standard InChI is InChI=1S/C20H23FN2OS/c1-14-6-7-16(12-18(14)21)20(24)22-19-5-3-4-17(15(19)2)13-23-8-10-25-11-9-23/h3-7,12H,8-11,13H2,1-2H3,(H,22,24). The van der Waals surface area contributed by atoms with E-state index in [0.29, 0.717) is 11.1 Å². The Kier molecular flexibility index (Phi) is 5.76. The third kappa shape index (κ3) is 4.41. The Bertz CT molecular complexity index is 772. The molecule has 1 heterocycles. The zero-order valence-electron chi connectivity index (χ0n) is 14.6. The second-order valence-electron chi connectivity index (χ2n) is 6.40. The summed E-state index contributed by atoms with van der Waals surface area (Å²) in [5, 5.41) is 2.92. The lowest BCUT2D eigenvalue weighted by Gasteiger charge is -2.27. The van der Waals surface area contributed by atoms with Crippen molar-refractivity contribution in [3.8, 4) is 0 Å². The monoisotopic (exact) mass is 358 g/mol. The van der Waals surface area contributed by atoms with E-state index in [-0.39, 0.29) is 11.7 Å². The van der Waals surface area contributed by atoms with Crippen molar-refractivity contribution in [3.63, 3.8) is 0 Å². The first kappa shape index (κ1) is 18.0. The summed E-state index contributed by atoms with van der Waals surface area (Å²) >= 11 is 2.00. The number of carbonyl (C=O) groups excluding carboxylic acids is 1. The van der Waals surface area contributed by atoms with Crippen LogP contribution in [0.1, 0.15) is 27.0 Å². The van der Waals surface area contributed by atoms with Crippen LogP contribution in [0.2, 0.25) is 0 Å². The lowest BCUT2D eigenvalue weighted by atomic mass is 10.1. The number of amides is 1. The molecule has 0 spiro atoms. The summed E-state index contributed by atoms with van der Waals surface area (Å²) in [7, 11) is 0. The van der Waals surface area contributed by atoms with E-state index in [9.17, 15) is 9.18 Å². The molecule has 3 rings (SSSR count). The summed E-state index contributed by atoms with van der Waals surface area (Å²) in [4.78, 5) is 14.9. The van der Waals surface area contributed by atoms with Crippen LogP contribution < -0.4 is 5.32 Å². The molecule has 1 aliphatic rings. The van der Waals surface area contributed by atoms with Gasteiger partial charge in [0.2, 0.25) is 0 Å². The van der Waals surface area contributed by atoms with Crippen molar-refractivity contribution in [2.75, 3.05) is 29.9 Å². The average molecular weight is 358 g/mol. The molecule has 1 saturated heterocycles. The van der Waals surface area contributed by atoms with Crippen LogP contribution in [0.3, 0.4) is 0 Å². The summed E-state index contributed by atoms with van der Waals surface area (Å²) in [6.07, 6.45) is 0. The molecule has 3 nitrogen and oxygen atoms in total. The predicted octanol–water partition coefficient (Wildman–Crippen LogP) is 4.24. The number of hydrogen-bond acceptors (Lipinski definition) is 3. The number of nitrogens with one attached hydrogen (secondary N) is 1. The normalized spacial score (nSPS) is 15.2. The van der Waals surface area contributed by atoms with E-state index >= 15 is 0 Å². The highest BCUT2D eigenvalue weighted by Gasteiger charge is 2.14. The Morgan fingerprint density at radius 2 is 1.96 bits per heavy atom. The Balaban J connectivity index is 1.74. The summed E-state index contributed by atoms with van der Waals surface area (Å²) in [6, 6.07) is 10.5. The molecule has 0 atom stereocenters. The molecule has 0 aromatic heterocycles. The smallest absolute Gasteiger partial charge is 0.255 e. The van der Waals surface area contributed by atoms with Gasteiger partial charge in [-0.25, -0.2) is 4.39 Å². The van der Waals surface area contributed by atoms with E-state index < -0.39 is 0 Å². The van der Waals surface area contributed by atoms with Crippen LogP contribution in [0.15, 0.2) is 36.4 Å². The van der Waals surface area contributed by atoms with E-state index in [1.54, 1.807) is 19.1 Å². The molecule has 1 N–H and O–H groups in total. The molecule has 5 heteroatoms. The molecule has 25 heavy (non-hydrogen) atoms. The van der Waals surface area contributed by atoms with Crippen molar-refractivity contribution in [1.29, 1.82) is 0 Å². The molecule has 1 fully saturated rings. The molecule has 1 aliphatic heterocycles.